The van der Waals surface area contributed by atoms with Gasteiger partial charge in [0.25, 0.3) is 0 Å². The summed E-state index contributed by atoms with van der Waals surface area (Å²) in [7, 11) is 1.36. The minimum atomic E-state index is -0.379. The van der Waals surface area contributed by atoms with E-state index in [1.54, 1.807) is 12.1 Å². The number of ether oxygens (including phenoxy) is 1. The third-order valence-corrected chi connectivity index (χ3v) is 2.90. The zero-order valence-corrected chi connectivity index (χ0v) is 10.3. The molecule has 0 aromatic heterocycles. The van der Waals surface area contributed by atoms with Crippen molar-refractivity contribution < 1.29 is 14.3 Å². The Balaban J connectivity index is 2.31. The van der Waals surface area contributed by atoms with Crippen LogP contribution in [0.25, 0.3) is 0 Å². The minimum absolute atomic E-state index is 0.118. The lowest BCUT2D eigenvalue weighted by atomic mass is 10.1. The fraction of sp³-hybridized carbons (Fsp3) is 0.385. The zero-order valence-electron chi connectivity index (χ0n) is 10.3. The molecule has 1 N–H and O–H groups in total. The van der Waals surface area contributed by atoms with Crippen LogP contribution < -0.4 is 10.2 Å². The smallest absolute Gasteiger partial charge is 0.339 e. The molecule has 18 heavy (non-hydrogen) atoms. The molecule has 0 saturated carbocycles. The molecule has 0 bridgehead atoms. The Labute approximate surface area is 106 Å². The minimum Gasteiger partial charge on any atom is -0.465 e. The first-order valence-electron chi connectivity index (χ1n) is 5.87. The molecule has 1 aromatic carbocycles. The van der Waals surface area contributed by atoms with E-state index in [4.69, 9.17) is 4.74 Å². The van der Waals surface area contributed by atoms with Gasteiger partial charge >= 0.3 is 5.97 Å². The van der Waals surface area contributed by atoms with Gasteiger partial charge in [-0.15, -0.1) is 0 Å². The molecule has 2 rings (SSSR count). The van der Waals surface area contributed by atoms with Crippen LogP contribution in [0.5, 0.6) is 0 Å². The number of ketones is 1. The number of benzene rings is 1. The molecule has 0 aliphatic carbocycles. The van der Waals surface area contributed by atoms with E-state index in [1.165, 1.54) is 7.11 Å². The second-order valence-corrected chi connectivity index (χ2v) is 4.15. The van der Waals surface area contributed by atoms with Crippen molar-refractivity contribution in [1.29, 1.82) is 0 Å². The van der Waals surface area contributed by atoms with E-state index in [0.29, 0.717) is 25.2 Å². The number of rotatable bonds is 2. The van der Waals surface area contributed by atoms with Crippen LogP contribution in [0.2, 0.25) is 0 Å². The lowest BCUT2D eigenvalue weighted by molar-refractivity contribution is -0.116. The molecule has 1 fully saturated rings. The summed E-state index contributed by atoms with van der Waals surface area (Å²) in [6.45, 7) is 2.12. The number of hydrogen-bond donors (Lipinski definition) is 1. The fourth-order valence-electron chi connectivity index (χ4n) is 2.03. The highest BCUT2D eigenvalue weighted by Crippen LogP contribution is 2.21. The van der Waals surface area contributed by atoms with E-state index >= 15 is 0 Å². The first-order valence-corrected chi connectivity index (χ1v) is 5.87. The second-order valence-electron chi connectivity index (χ2n) is 4.15. The summed E-state index contributed by atoms with van der Waals surface area (Å²) in [5.74, 6) is -0.262. The summed E-state index contributed by atoms with van der Waals surface area (Å²) in [6, 6.07) is 7.19. The monoisotopic (exact) mass is 248 g/mol. The average Bonchev–Trinajstić information content (AvgIpc) is 2.62. The standard InChI is InChI=1S/C13H16N2O3/c1-18-13(17)11-4-2-3-5-12(11)15-7-6-14-8-10(16)9-15/h2-5,14H,6-9H2,1H3. The van der Waals surface area contributed by atoms with E-state index < -0.39 is 0 Å². The largest absolute Gasteiger partial charge is 0.465 e. The number of anilines is 1. The lowest BCUT2D eigenvalue weighted by Crippen LogP contribution is -2.31. The van der Waals surface area contributed by atoms with Crippen LogP contribution in [-0.4, -0.2) is 45.0 Å². The maximum atomic E-state index is 11.7. The molecule has 1 heterocycles. The third kappa shape index (κ3) is 2.68. The first-order chi connectivity index (χ1) is 8.72. The predicted molar refractivity (Wildman–Crippen MR) is 67.9 cm³/mol. The number of carbonyl (C=O) groups is 2. The molecule has 0 amide bonds. The molecule has 1 aromatic rings. The van der Waals surface area contributed by atoms with Crippen LogP contribution in [0, 0.1) is 0 Å². The van der Waals surface area contributed by atoms with E-state index in [0.717, 1.165) is 12.2 Å². The topological polar surface area (TPSA) is 58.6 Å². The molecular formula is C13H16N2O3. The van der Waals surface area contributed by atoms with E-state index in [1.807, 2.05) is 17.0 Å². The molecule has 0 radical (unpaired) electrons. The Morgan fingerprint density at radius 1 is 1.39 bits per heavy atom. The van der Waals surface area contributed by atoms with Crippen molar-refractivity contribution in [3.8, 4) is 0 Å². The number of nitrogens with one attached hydrogen (secondary N) is 1. The number of para-hydroxylation sites is 1. The summed E-state index contributed by atoms with van der Waals surface area (Å²) >= 11 is 0. The van der Waals surface area contributed by atoms with Crippen molar-refractivity contribution in [2.24, 2.45) is 0 Å². The van der Waals surface area contributed by atoms with Crippen molar-refractivity contribution in [3.63, 3.8) is 0 Å². The first kappa shape index (κ1) is 12.6. The van der Waals surface area contributed by atoms with Crippen LogP contribution in [0.15, 0.2) is 24.3 Å². The lowest BCUT2D eigenvalue weighted by Gasteiger charge is -2.23. The zero-order chi connectivity index (χ0) is 13.0. The molecule has 0 unspecified atom stereocenters. The van der Waals surface area contributed by atoms with Crippen LogP contribution in [-0.2, 0) is 9.53 Å². The third-order valence-electron chi connectivity index (χ3n) is 2.90. The molecule has 5 nitrogen and oxygen atoms in total. The van der Waals surface area contributed by atoms with Gasteiger partial charge in [-0.1, -0.05) is 12.1 Å². The maximum absolute atomic E-state index is 11.7. The van der Waals surface area contributed by atoms with Crippen molar-refractivity contribution in [2.45, 2.75) is 0 Å². The summed E-state index contributed by atoms with van der Waals surface area (Å²) in [4.78, 5) is 25.2. The van der Waals surface area contributed by atoms with Gasteiger partial charge in [0.05, 0.1) is 31.5 Å². The van der Waals surface area contributed by atoms with Gasteiger partial charge in [-0.25, -0.2) is 4.79 Å². The van der Waals surface area contributed by atoms with Crippen LogP contribution >= 0.6 is 0 Å². The predicted octanol–water partition coefficient (Wildman–Crippen LogP) is 0.452. The van der Waals surface area contributed by atoms with Gasteiger partial charge in [0.1, 0.15) is 0 Å². The Morgan fingerprint density at radius 3 is 2.94 bits per heavy atom. The van der Waals surface area contributed by atoms with E-state index in [-0.39, 0.29) is 11.8 Å². The SMILES string of the molecule is COC(=O)c1ccccc1N1CCNCC(=O)C1. The normalized spacial score (nSPS) is 16.3. The summed E-state index contributed by atoms with van der Waals surface area (Å²) in [6.07, 6.45) is 0. The summed E-state index contributed by atoms with van der Waals surface area (Å²) in [5.41, 5.74) is 1.25. The van der Waals surface area contributed by atoms with Crippen molar-refractivity contribution in [2.75, 3.05) is 38.2 Å². The Bertz CT molecular complexity index is 459. The number of carbonyl (C=O) groups excluding carboxylic acids is 2. The Hall–Kier alpha value is -1.88. The van der Waals surface area contributed by atoms with Crippen LogP contribution in [0.1, 0.15) is 10.4 Å². The average molecular weight is 248 g/mol. The van der Waals surface area contributed by atoms with Crippen molar-refractivity contribution in [1.82, 2.24) is 5.32 Å². The Morgan fingerprint density at radius 2 is 2.17 bits per heavy atom. The van der Waals surface area contributed by atoms with Crippen molar-refractivity contribution in [3.05, 3.63) is 29.8 Å². The van der Waals surface area contributed by atoms with Crippen LogP contribution in [0.3, 0.4) is 0 Å². The number of nitrogens with zero attached hydrogens (tertiary/aromatic N) is 1. The fourth-order valence-corrected chi connectivity index (χ4v) is 2.03. The van der Waals surface area contributed by atoms with E-state index in [9.17, 15) is 9.59 Å². The second kappa shape index (κ2) is 5.64. The van der Waals surface area contributed by atoms with Gasteiger partial charge in [-0.2, -0.15) is 0 Å². The molecule has 1 aliphatic rings. The molecule has 0 atom stereocenters. The van der Waals surface area contributed by atoms with E-state index in [2.05, 4.69) is 5.32 Å². The van der Waals surface area contributed by atoms with Crippen LogP contribution in [0.4, 0.5) is 5.69 Å². The number of hydrogen-bond acceptors (Lipinski definition) is 5. The van der Waals surface area contributed by atoms with Gasteiger partial charge in [0.2, 0.25) is 0 Å². The quantitative estimate of drug-likeness (QED) is 0.770. The molecule has 1 aliphatic heterocycles. The molecule has 5 heteroatoms. The van der Waals surface area contributed by atoms with Gasteiger partial charge in [0.15, 0.2) is 5.78 Å². The van der Waals surface area contributed by atoms with Crippen molar-refractivity contribution >= 4 is 17.4 Å². The summed E-state index contributed by atoms with van der Waals surface area (Å²) in [5, 5.41) is 3.05. The number of esters is 1. The van der Waals surface area contributed by atoms with Gasteiger partial charge in [0, 0.05) is 13.1 Å². The highest BCUT2D eigenvalue weighted by Gasteiger charge is 2.20. The molecule has 0 spiro atoms. The highest BCUT2D eigenvalue weighted by atomic mass is 16.5. The van der Waals surface area contributed by atoms with Gasteiger partial charge in [-0.3, -0.25) is 4.79 Å². The maximum Gasteiger partial charge on any atom is 0.339 e. The van der Waals surface area contributed by atoms with Gasteiger partial charge in [-0.05, 0) is 12.1 Å². The van der Waals surface area contributed by atoms with Gasteiger partial charge < -0.3 is 15.0 Å². The number of methoxy groups -OCH3 is 1. The summed E-state index contributed by atoms with van der Waals surface area (Å²) < 4.78 is 4.76. The highest BCUT2D eigenvalue weighted by molar-refractivity contribution is 5.97. The molecular weight excluding hydrogens is 232 g/mol. The molecule has 96 valence electrons. The molecule has 1 saturated heterocycles. The Kier molecular flexibility index (Phi) is 3.94. The number of Topliss-reactive ketones (excluding diaryl/α,β-unsaturated/α-hetero) is 1.